The van der Waals surface area contributed by atoms with Gasteiger partial charge in [0.25, 0.3) is 0 Å². The van der Waals surface area contributed by atoms with Crippen molar-refractivity contribution in [3.8, 4) is 0 Å². The Kier molecular flexibility index (Phi) is 11.8. The molecule has 2 aromatic heterocycles. The average molecular weight is 530 g/mol. The molecule has 7 heteroatoms. The quantitative estimate of drug-likeness (QED) is 0.112. The number of alkyl halides is 1. The van der Waals surface area contributed by atoms with Gasteiger partial charge in [0, 0.05) is 42.8 Å². The van der Waals surface area contributed by atoms with Crippen LogP contribution in [-0.2, 0) is 35.9 Å². The van der Waals surface area contributed by atoms with Gasteiger partial charge < -0.3 is 14.0 Å². The fourth-order valence-corrected chi connectivity index (χ4v) is 5.13. The molecular formula is C30H44ClN3O3. The SMILES string of the molecule is C=Cc1c(CCCO/C(C)=C/CC)c(C(=O)OC)n(CCC)c1C/C(=C(\C)CCl)c1c(C)nn(C)c1C. The van der Waals surface area contributed by atoms with Crippen LogP contribution in [0.15, 0.2) is 24.0 Å². The minimum atomic E-state index is -0.325. The van der Waals surface area contributed by atoms with E-state index < -0.39 is 0 Å². The van der Waals surface area contributed by atoms with E-state index in [1.165, 1.54) is 7.11 Å². The summed E-state index contributed by atoms with van der Waals surface area (Å²) in [6.45, 7) is 17.8. The number of carbonyl (C=O) groups excluding carboxylic acids is 1. The van der Waals surface area contributed by atoms with Gasteiger partial charge in [0.15, 0.2) is 0 Å². The molecule has 204 valence electrons. The van der Waals surface area contributed by atoms with Crippen LogP contribution in [0, 0.1) is 13.8 Å². The predicted octanol–water partition coefficient (Wildman–Crippen LogP) is 7.20. The number of rotatable bonds is 14. The molecule has 0 aliphatic heterocycles. The molecule has 0 saturated heterocycles. The molecule has 0 aliphatic rings. The number of esters is 1. The summed E-state index contributed by atoms with van der Waals surface area (Å²) in [4.78, 5) is 13.1. The Labute approximate surface area is 228 Å². The molecule has 2 aromatic rings. The monoisotopic (exact) mass is 529 g/mol. The molecule has 6 nitrogen and oxygen atoms in total. The predicted molar refractivity (Wildman–Crippen MR) is 154 cm³/mol. The van der Waals surface area contributed by atoms with Crippen LogP contribution < -0.4 is 0 Å². The lowest BCUT2D eigenvalue weighted by Crippen LogP contribution is -2.15. The largest absolute Gasteiger partial charge is 0.499 e. The van der Waals surface area contributed by atoms with Crippen molar-refractivity contribution in [2.75, 3.05) is 19.6 Å². The molecule has 2 heterocycles. The van der Waals surface area contributed by atoms with E-state index in [2.05, 4.69) is 50.0 Å². The van der Waals surface area contributed by atoms with E-state index in [4.69, 9.17) is 21.1 Å². The van der Waals surface area contributed by atoms with Crippen LogP contribution in [0.5, 0.6) is 0 Å². The summed E-state index contributed by atoms with van der Waals surface area (Å²) in [5.41, 5.74) is 9.03. The Morgan fingerprint density at radius 1 is 1.22 bits per heavy atom. The minimum Gasteiger partial charge on any atom is -0.499 e. The zero-order chi connectivity index (χ0) is 27.7. The normalized spacial score (nSPS) is 12.5. The van der Waals surface area contributed by atoms with E-state index in [0.717, 1.165) is 69.9 Å². The molecule has 0 bridgehead atoms. The number of halogens is 1. The van der Waals surface area contributed by atoms with Crippen molar-refractivity contribution in [2.45, 2.75) is 80.2 Å². The van der Waals surface area contributed by atoms with E-state index in [1.807, 2.05) is 31.7 Å². The van der Waals surface area contributed by atoms with Crippen LogP contribution in [0.3, 0.4) is 0 Å². The summed E-state index contributed by atoms with van der Waals surface area (Å²) >= 11 is 6.39. The number of ether oxygens (including phenoxy) is 2. The van der Waals surface area contributed by atoms with E-state index >= 15 is 0 Å². The average Bonchev–Trinajstić information content (AvgIpc) is 3.30. The van der Waals surface area contributed by atoms with Crippen LogP contribution in [0.1, 0.15) is 91.2 Å². The number of methoxy groups -OCH3 is 1. The fourth-order valence-electron chi connectivity index (χ4n) is 4.97. The van der Waals surface area contributed by atoms with Crippen molar-refractivity contribution >= 4 is 29.2 Å². The maximum Gasteiger partial charge on any atom is 0.354 e. The number of hydrogen-bond acceptors (Lipinski definition) is 4. The zero-order valence-electron chi connectivity index (χ0n) is 24.0. The first-order chi connectivity index (χ1) is 17.7. The molecule has 0 amide bonds. The van der Waals surface area contributed by atoms with Gasteiger partial charge in [0.2, 0.25) is 0 Å². The van der Waals surface area contributed by atoms with E-state index in [-0.39, 0.29) is 5.97 Å². The maximum atomic E-state index is 13.1. The molecular weight excluding hydrogens is 486 g/mol. The van der Waals surface area contributed by atoms with E-state index in [9.17, 15) is 4.79 Å². The molecule has 0 aliphatic carbocycles. The highest BCUT2D eigenvalue weighted by molar-refractivity contribution is 6.20. The lowest BCUT2D eigenvalue weighted by Gasteiger charge is -2.17. The van der Waals surface area contributed by atoms with Gasteiger partial charge in [0.05, 0.1) is 25.2 Å². The van der Waals surface area contributed by atoms with Crippen LogP contribution in [0.25, 0.3) is 11.6 Å². The smallest absolute Gasteiger partial charge is 0.354 e. The van der Waals surface area contributed by atoms with Crippen LogP contribution in [0.4, 0.5) is 0 Å². The Balaban J connectivity index is 2.67. The molecule has 2 rings (SSSR count). The molecule has 0 unspecified atom stereocenters. The summed E-state index contributed by atoms with van der Waals surface area (Å²) < 4.78 is 15.2. The fraction of sp³-hybridized carbons (Fsp3) is 0.533. The van der Waals surface area contributed by atoms with Crippen molar-refractivity contribution in [1.29, 1.82) is 0 Å². The van der Waals surface area contributed by atoms with Gasteiger partial charge in [-0.15, -0.1) is 11.6 Å². The lowest BCUT2D eigenvalue weighted by molar-refractivity contribution is 0.0586. The van der Waals surface area contributed by atoms with Gasteiger partial charge >= 0.3 is 5.97 Å². The highest BCUT2D eigenvalue weighted by Crippen LogP contribution is 2.34. The van der Waals surface area contributed by atoms with Crippen LogP contribution in [-0.4, -0.2) is 39.9 Å². The second-order valence-corrected chi connectivity index (χ2v) is 9.72. The van der Waals surface area contributed by atoms with Gasteiger partial charge in [-0.1, -0.05) is 32.1 Å². The topological polar surface area (TPSA) is 58.3 Å². The number of aryl methyl sites for hydroxylation is 2. The van der Waals surface area contributed by atoms with Gasteiger partial charge in [-0.3, -0.25) is 4.68 Å². The number of aromatic nitrogens is 3. The number of carbonyl (C=O) groups is 1. The van der Waals surface area contributed by atoms with Gasteiger partial charge in [0.1, 0.15) is 5.69 Å². The first-order valence-electron chi connectivity index (χ1n) is 13.2. The minimum absolute atomic E-state index is 0.325. The van der Waals surface area contributed by atoms with Crippen molar-refractivity contribution in [3.63, 3.8) is 0 Å². The molecule has 0 radical (unpaired) electrons. The highest BCUT2D eigenvalue weighted by Gasteiger charge is 2.28. The summed E-state index contributed by atoms with van der Waals surface area (Å²) in [5, 5.41) is 4.65. The Hall–Kier alpha value is -2.73. The third-order valence-electron chi connectivity index (χ3n) is 6.81. The van der Waals surface area contributed by atoms with E-state index in [1.54, 1.807) is 0 Å². The molecule has 0 atom stereocenters. The standard InChI is InChI=1S/C30H44ClN3O3/c1-10-14-21(5)37-17-13-15-25-24(12-3)27(34(16-11-2)29(25)30(35)36-9)18-26(20(4)19-31)28-22(6)32-33(8)23(28)7/h12,14H,3,10-11,13,15-19H2,1-2,4-9H3/b21-14+,26-20-. The molecule has 0 aromatic carbocycles. The molecule has 0 N–H and O–H groups in total. The first-order valence-corrected chi connectivity index (χ1v) is 13.7. The van der Waals surface area contributed by atoms with Gasteiger partial charge in [-0.25, -0.2) is 4.79 Å². The maximum absolute atomic E-state index is 13.1. The molecule has 0 saturated carbocycles. The van der Waals surface area contributed by atoms with Crippen molar-refractivity contribution < 1.29 is 14.3 Å². The number of hydrogen-bond donors (Lipinski definition) is 0. The third-order valence-corrected chi connectivity index (χ3v) is 7.21. The summed E-state index contributed by atoms with van der Waals surface area (Å²) in [5.74, 6) is 1.02. The van der Waals surface area contributed by atoms with Gasteiger partial charge in [-0.2, -0.15) is 5.10 Å². The molecule has 0 spiro atoms. The van der Waals surface area contributed by atoms with E-state index in [0.29, 0.717) is 37.6 Å². The third kappa shape index (κ3) is 6.98. The second-order valence-electron chi connectivity index (χ2n) is 9.45. The zero-order valence-corrected chi connectivity index (χ0v) is 24.7. The Bertz CT molecular complexity index is 1170. The highest BCUT2D eigenvalue weighted by atomic mass is 35.5. The molecule has 37 heavy (non-hydrogen) atoms. The first kappa shape index (κ1) is 30.5. The number of allylic oxidation sites excluding steroid dienone is 4. The van der Waals surface area contributed by atoms with Crippen molar-refractivity contribution in [1.82, 2.24) is 14.3 Å². The van der Waals surface area contributed by atoms with Crippen molar-refractivity contribution in [2.24, 2.45) is 7.05 Å². The molecule has 0 fully saturated rings. The second kappa shape index (κ2) is 14.3. The Morgan fingerprint density at radius 2 is 1.92 bits per heavy atom. The van der Waals surface area contributed by atoms with Crippen LogP contribution >= 0.6 is 11.6 Å². The number of nitrogens with zero attached hydrogens (tertiary/aromatic N) is 3. The van der Waals surface area contributed by atoms with Gasteiger partial charge in [-0.05, 0) is 76.2 Å². The summed E-state index contributed by atoms with van der Waals surface area (Å²) in [7, 11) is 3.40. The summed E-state index contributed by atoms with van der Waals surface area (Å²) in [6, 6.07) is 0. The Morgan fingerprint density at radius 3 is 2.43 bits per heavy atom. The van der Waals surface area contributed by atoms with Crippen molar-refractivity contribution in [3.05, 3.63) is 63.5 Å². The summed E-state index contributed by atoms with van der Waals surface area (Å²) in [6.07, 6.45) is 7.85. The lowest BCUT2D eigenvalue weighted by atomic mass is 9.93. The van der Waals surface area contributed by atoms with Crippen LogP contribution in [0.2, 0.25) is 0 Å².